The predicted octanol–water partition coefficient (Wildman–Crippen LogP) is 0.948. The summed E-state index contributed by atoms with van der Waals surface area (Å²) in [5, 5.41) is 14.8. The van der Waals surface area contributed by atoms with E-state index in [0.717, 1.165) is 12.8 Å². The van der Waals surface area contributed by atoms with Gasteiger partial charge in [0.15, 0.2) is 5.41 Å². The molecule has 7 heteroatoms. The number of alkyl halides is 3. The normalized spacial score (nSPS) is 36.2. The van der Waals surface area contributed by atoms with E-state index < -0.39 is 29.6 Å². The molecule has 1 saturated heterocycles. The molecule has 2 rings (SSSR count). The molecule has 0 aromatic carbocycles. The van der Waals surface area contributed by atoms with Gasteiger partial charge in [0.25, 0.3) is 0 Å². The maximum absolute atomic E-state index is 13.2. The number of aliphatic hydroxyl groups excluding tert-OH is 1. The van der Waals surface area contributed by atoms with Crippen molar-refractivity contribution in [3.05, 3.63) is 0 Å². The molecule has 3 atom stereocenters. The van der Waals surface area contributed by atoms with Crippen LogP contribution >= 0.6 is 0 Å². The second-order valence-corrected chi connectivity index (χ2v) is 5.44. The summed E-state index contributed by atoms with van der Waals surface area (Å²) >= 11 is 0. The Bertz CT molecular complexity index is 340. The van der Waals surface area contributed by atoms with E-state index in [4.69, 9.17) is 0 Å². The molecule has 0 spiro atoms. The van der Waals surface area contributed by atoms with E-state index >= 15 is 0 Å². The van der Waals surface area contributed by atoms with Crippen molar-refractivity contribution >= 4 is 5.91 Å². The van der Waals surface area contributed by atoms with Crippen LogP contribution in [0.15, 0.2) is 0 Å². The maximum atomic E-state index is 13.2. The maximum Gasteiger partial charge on any atom is 0.404 e. The predicted molar refractivity (Wildman–Crippen MR) is 62.4 cm³/mol. The lowest BCUT2D eigenvalue weighted by Crippen LogP contribution is -2.56. The number of nitrogens with one attached hydrogen (secondary N) is 2. The van der Waals surface area contributed by atoms with Gasteiger partial charge in [-0.15, -0.1) is 0 Å². The zero-order valence-corrected chi connectivity index (χ0v) is 10.6. The minimum Gasteiger partial charge on any atom is -0.391 e. The Hall–Kier alpha value is -0.820. The summed E-state index contributed by atoms with van der Waals surface area (Å²) in [6.07, 6.45) is -2.82. The molecular weight excluding hydrogens is 261 g/mol. The van der Waals surface area contributed by atoms with Gasteiger partial charge in [-0.25, -0.2) is 0 Å². The van der Waals surface area contributed by atoms with Crippen LogP contribution in [0.1, 0.15) is 32.1 Å². The summed E-state index contributed by atoms with van der Waals surface area (Å²) in [5.74, 6) is -1.00. The van der Waals surface area contributed by atoms with E-state index in [-0.39, 0.29) is 19.5 Å². The molecule has 0 radical (unpaired) electrons. The van der Waals surface area contributed by atoms with Crippen LogP contribution in [0.25, 0.3) is 0 Å². The Labute approximate surface area is 109 Å². The van der Waals surface area contributed by atoms with Gasteiger partial charge in [0.1, 0.15) is 0 Å². The van der Waals surface area contributed by atoms with Crippen LogP contribution < -0.4 is 10.6 Å². The molecule has 2 aliphatic rings. The largest absolute Gasteiger partial charge is 0.404 e. The molecule has 0 aromatic heterocycles. The topological polar surface area (TPSA) is 61.4 Å². The minimum atomic E-state index is -4.57. The Morgan fingerprint density at radius 2 is 2.00 bits per heavy atom. The Balaban J connectivity index is 2.08. The molecule has 1 aliphatic heterocycles. The van der Waals surface area contributed by atoms with Crippen LogP contribution in [0.4, 0.5) is 13.2 Å². The first-order valence-corrected chi connectivity index (χ1v) is 6.63. The molecule has 19 heavy (non-hydrogen) atoms. The average molecular weight is 280 g/mol. The monoisotopic (exact) mass is 280 g/mol. The molecule has 1 unspecified atom stereocenters. The summed E-state index contributed by atoms with van der Waals surface area (Å²) in [4.78, 5) is 12.0. The van der Waals surface area contributed by atoms with Crippen molar-refractivity contribution < 1.29 is 23.1 Å². The van der Waals surface area contributed by atoms with Gasteiger partial charge < -0.3 is 15.7 Å². The first-order chi connectivity index (χ1) is 8.87. The van der Waals surface area contributed by atoms with Crippen molar-refractivity contribution in [2.24, 2.45) is 5.41 Å². The first-order valence-electron chi connectivity index (χ1n) is 6.63. The SMILES string of the molecule is O=C(N[C@@H]1CCCC[C@H]1O)C1(C(F)(F)F)CCNC1. The molecule has 4 nitrogen and oxygen atoms in total. The Kier molecular flexibility index (Phi) is 4.06. The quantitative estimate of drug-likeness (QED) is 0.706. The van der Waals surface area contributed by atoms with Crippen molar-refractivity contribution in [2.75, 3.05) is 13.1 Å². The van der Waals surface area contributed by atoms with Crippen molar-refractivity contribution in [3.8, 4) is 0 Å². The van der Waals surface area contributed by atoms with Crippen LogP contribution in [-0.2, 0) is 4.79 Å². The highest BCUT2D eigenvalue weighted by Crippen LogP contribution is 2.43. The van der Waals surface area contributed by atoms with Gasteiger partial charge in [0.05, 0.1) is 12.1 Å². The van der Waals surface area contributed by atoms with E-state index in [1.54, 1.807) is 0 Å². The van der Waals surface area contributed by atoms with Gasteiger partial charge in [-0.2, -0.15) is 13.2 Å². The fourth-order valence-electron chi connectivity index (χ4n) is 2.84. The smallest absolute Gasteiger partial charge is 0.391 e. The van der Waals surface area contributed by atoms with Crippen molar-refractivity contribution in [1.29, 1.82) is 0 Å². The number of hydrogen-bond acceptors (Lipinski definition) is 3. The van der Waals surface area contributed by atoms with Crippen LogP contribution in [-0.4, -0.2) is 42.4 Å². The molecular formula is C12H19F3N2O2. The molecule has 2 fully saturated rings. The van der Waals surface area contributed by atoms with Crippen LogP contribution in [0, 0.1) is 5.41 Å². The van der Waals surface area contributed by atoms with Crippen LogP contribution in [0.5, 0.6) is 0 Å². The molecule has 1 saturated carbocycles. The van der Waals surface area contributed by atoms with Gasteiger partial charge in [-0.05, 0) is 25.8 Å². The standard InChI is InChI=1S/C12H19F3N2O2/c13-12(14,15)11(5-6-16-7-11)10(19)17-8-3-1-2-4-9(8)18/h8-9,16,18H,1-7H2,(H,17,19)/t8-,9-,11?/m1/s1. The van der Waals surface area contributed by atoms with Gasteiger partial charge in [0, 0.05) is 6.54 Å². The molecule has 0 aromatic rings. The van der Waals surface area contributed by atoms with E-state index in [1.807, 2.05) is 0 Å². The van der Waals surface area contributed by atoms with Gasteiger partial charge in [-0.1, -0.05) is 12.8 Å². The second-order valence-electron chi connectivity index (χ2n) is 5.44. The van der Waals surface area contributed by atoms with Gasteiger partial charge in [-0.3, -0.25) is 4.79 Å². The lowest BCUT2D eigenvalue weighted by atomic mass is 9.83. The summed E-state index contributed by atoms with van der Waals surface area (Å²) < 4.78 is 39.5. The summed E-state index contributed by atoms with van der Waals surface area (Å²) in [6, 6.07) is -0.555. The van der Waals surface area contributed by atoms with E-state index in [1.165, 1.54) is 0 Å². The fraction of sp³-hybridized carbons (Fsp3) is 0.917. The second kappa shape index (κ2) is 5.28. The molecule has 1 amide bonds. The minimum absolute atomic E-state index is 0.181. The third kappa shape index (κ3) is 2.72. The number of halogens is 3. The third-order valence-electron chi connectivity index (χ3n) is 4.18. The average Bonchev–Trinajstić information content (AvgIpc) is 2.82. The molecule has 0 bridgehead atoms. The first kappa shape index (κ1) is 14.6. The Morgan fingerprint density at radius 1 is 1.32 bits per heavy atom. The summed E-state index contributed by atoms with van der Waals surface area (Å²) in [6.45, 7) is -0.203. The lowest BCUT2D eigenvalue weighted by molar-refractivity contribution is -0.216. The third-order valence-corrected chi connectivity index (χ3v) is 4.18. The number of carbonyl (C=O) groups is 1. The van der Waals surface area contributed by atoms with Crippen LogP contribution in [0.3, 0.4) is 0 Å². The van der Waals surface area contributed by atoms with E-state index in [2.05, 4.69) is 10.6 Å². The van der Waals surface area contributed by atoms with Crippen molar-refractivity contribution in [1.82, 2.24) is 10.6 Å². The van der Waals surface area contributed by atoms with E-state index in [9.17, 15) is 23.1 Å². The molecule has 1 heterocycles. The van der Waals surface area contributed by atoms with Crippen molar-refractivity contribution in [3.63, 3.8) is 0 Å². The highest BCUT2D eigenvalue weighted by molar-refractivity contribution is 5.84. The summed E-state index contributed by atoms with van der Waals surface area (Å²) in [5.41, 5.74) is -2.34. The zero-order valence-electron chi connectivity index (χ0n) is 10.6. The number of aliphatic hydroxyl groups is 1. The summed E-state index contributed by atoms with van der Waals surface area (Å²) in [7, 11) is 0. The Morgan fingerprint density at radius 3 is 2.53 bits per heavy atom. The molecule has 3 N–H and O–H groups in total. The highest BCUT2D eigenvalue weighted by atomic mass is 19.4. The van der Waals surface area contributed by atoms with Crippen molar-refractivity contribution in [2.45, 2.75) is 50.4 Å². The zero-order chi connectivity index (χ0) is 14.1. The van der Waals surface area contributed by atoms with Crippen LogP contribution in [0.2, 0.25) is 0 Å². The fourth-order valence-corrected chi connectivity index (χ4v) is 2.84. The van der Waals surface area contributed by atoms with Gasteiger partial charge in [0.2, 0.25) is 5.91 Å². The molecule has 110 valence electrons. The highest BCUT2D eigenvalue weighted by Gasteiger charge is 2.61. The number of carbonyl (C=O) groups excluding carboxylic acids is 1. The van der Waals surface area contributed by atoms with E-state index in [0.29, 0.717) is 12.8 Å². The molecule has 1 aliphatic carbocycles. The lowest BCUT2D eigenvalue weighted by Gasteiger charge is -2.34. The number of rotatable bonds is 2. The number of amides is 1. The number of hydrogen-bond donors (Lipinski definition) is 3. The van der Waals surface area contributed by atoms with Gasteiger partial charge >= 0.3 is 6.18 Å².